The summed E-state index contributed by atoms with van der Waals surface area (Å²) in [6.07, 6.45) is 5.60. The molecule has 0 spiro atoms. The van der Waals surface area contributed by atoms with Gasteiger partial charge in [0.1, 0.15) is 37.8 Å². The number of aliphatic hydroxyl groups is 1. The van der Waals surface area contributed by atoms with Crippen LogP contribution in [-0.2, 0) is 46.4 Å². The van der Waals surface area contributed by atoms with Gasteiger partial charge in [0, 0.05) is 18.9 Å². The quantitative estimate of drug-likeness (QED) is 0.0242. The van der Waals surface area contributed by atoms with Crippen molar-refractivity contribution in [1.82, 2.24) is 0 Å². The summed E-state index contributed by atoms with van der Waals surface area (Å²) < 4.78 is 29.6. The number of hydrogen-bond donors (Lipinski definition) is 1. The van der Waals surface area contributed by atoms with Crippen molar-refractivity contribution in [3.8, 4) is 5.75 Å². The Hall–Kier alpha value is -6.02. The fourth-order valence-electron chi connectivity index (χ4n) is 13.1. The highest BCUT2D eigenvalue weighted by Gasteiger charge is 2.71. The molecule has 1 N–H and O–H groups in total. The predicted octanol–water partition coefficient (Wildman–Crippen LogP) is 10.2. The van der Waals surface area contributed by atoms with E-state index >= 15 is 0 Å². The van der Waals surface area contributed by atoms with Gasteiger partial charge in [-0.25, -0.2) is 14.4 Å². The molecule has 376 valence electrons. The zero-order valence-corrected chi connectivity index (χ0v) is 41.6. The molecule has 0 amide bonds. The Morgan fingerprint density at radius 3 is 2.16 bits per heavy atom. The van der Waals surface area contributed by atoms with Gasteiger partial charge in [-0.3, -0.25) is 4.79 Å². The van der Waals surface area contributed by atoms with Crippen molar-refractivity contribution in [3.05, 3.63) is 134 Å². The van der Waals surface area contributed by atoms with Crippen LogP contribution >= 0.6 is 0 Å². The molecule has 3 aromatic carbocycles. The molecule has 4 saturated carbocycles. The summed E-state index contributed by atoms with van der Waals surface area (Å²) >= 11 is 0. The number of nitrogens with zero attached hydrogens (tertiary/aromatic N) is 1. The second kappa shape index (κ2) is 22.0. The third kappa shape index (κ3) is 11.0. The second-order valence-electron chi connectivity index (χ2n) is 20.8. The standard InChI is InChI=1S/C56H69NO13/c1-35(2)14-13-19-43(52(61)67-34-39-15-9-8-10-16-39)49-45-32-46(59)50-54(5)27-25-47(36(3)44(54)24-28-55(50,6)56(45,7)33-48(49)69-37(4)58)70-53(62)42-18-12-11-17-41(42)51(60)66-29-26-38-20-22-40(23-21-38)65-30-31-68-57(63)64/h8-12,14-18,20-23,36,44-48,50,59H,13,19,24-34H2,1-7H3/b49-43-/t36-,44?,45?,46+,47+,48-,50?,54-,55-,56-/m0/s1. The third-order valence-corrected chi connectivity index (χ3v) is 16.5. The van der Waals surface area contributed by atoms with Crippen molar-refractivity contribution < 1.29 is 57.9 Å². The molecule has 3 unspecified atom stereocenters. The lowest BCUT2D eigenvalue weighted by Crippen LogP contribution is -2.65. The largest absolute Gasteiger partial charge is 0.492 e. The molecule has 7 rings (SSSR count). The van der Waals surface area contributed by atoms with E-state index in [1.807, 2.05) is 44.2 Å². The lowest BCUT2D eigenvalue weighted by molar-refractivity contribution is -0.757. The monoisotopic (exact) mass is 963 g/mol. The number of benzene rings is 3. The van der Waals surface area contributed by atoms with E-state index in [0.29, 0.717) is 56.3 Å². The SMILES string of the molecule is CC(=O)O[C@H]1C[C@@]2(C)C(C[C@@H](O)C3[C@@]4(C)CC[C@@H](OC(=O)c5ccccc5C(=O)OCCc5ccc(OCCO[N+](=O)[O-])cc5)[C@@H](C)C4CC[C@@]32C)/C1=C(\CCC=C(C)C)C(=O)OCc1ccccc1. The van der Waals surface area contributed by atoms with Crippen molar-refractivity contribution in [2.24, 2.45) is 39.9 Å². The third-order valence-electron chi connectivity index (χ3n) is 16.5. The van der Waals surface area contributed by atoms with Crippen LogP contribution in [0.2, 0.25) is 0 Å². The lowest BCUT2D eigenvalue weighted by Gasteiger charge is -2.69. The first kappa shape index (κ1) is 51.8. The van der Waals surface area contributed by atoms with Crippen molar-refractivity contribution >= 4 is 23.9 Å². The first-order valence-corrected chi connectivity index (χ1v) is 24.7. The fraction of sp³-hybridized carbons (Fsp3) is 0.536. The molecule has 14 nitrogen and oxygen atoms in total. The van der Waals surface area contributed by atoms with E-state index in [4.69, 9.17) is 23.7 Å². The zero-order valence-electron chi connectivity index (χ0n) is 41.6. The molecule has 0 bridgehead atoms. The number of aliphatic hydroxyl groups excluding tert-OH is 1. The summed E-state index contributed by atoms with van der Waals surface area (Å²) in [6, 6.07) is 23.1. The van der Waals surface area contributed by atoms with Gasteiger partial charge < -0.3 is 33.6 Å². The van der Waals surface area contributed by atoms with Crippen molar-refractivity contribution in [2.75, 3.05) is 19.8 Å². The summed E-state index contributed by atoms with van der Waals surface area (Å²) in [5.41, 5.74) is 3.28. The number of carbonyl (C=O) groups excluding carboxylic acids is 4. The topological polar surface area (TPSA) is 187 Å². The van der Waals surface area contributed by atoms with Gasteiger partial charge in [0.15, 0.2) is 0 Å². The molecule has 4 aliphatic carbocycles. The highest BCUT2D eigenvalue weighted by Crippen LogP contribution is 2.74. The van der Waals surface area contributed by atoms with Crippen LogP contribution in [0, 0.1) is 50.0 Å². The van der Waals surface area contributed by atoms with Gasteiger partial charge in [0.2, 0.25) is 0 Å². The van der Waals surface area contributed by atoms with Crippen molar-refractivity contribution in [1.29, 1.82) is 0 Å². The summed E-state index contributed by atoms with van der Waals surface area (Å²) in [7, 11) is 0. The summed E-state index contributed by atoms with van der Waals surface area (Å²) in [5.74, 6) is -1.85. The Morgan fingerprint density at radius 2 is 1.49 bits per heavy atom. The minimum atomic E-state index is -0.875. The summed E-state index contributed by atoms with van der Waals surface area (Å²) in [6.45, 7) is 14.5. The number of hydrogen-bond acceptors (Lipinski definition) is 13. The molecule has 0 radical (unpaired) electrons. The molecule has 14 heteroatoms. The van der Waals surface area contributed by atoms with Crippen LogP contribution in [0.4, 0.5) is 0 Å². The molecule has 0 aromatic heterocycles. The van der Waals surface area contributed by atoms with Gasteiger partial charge in [-0.1, -0.05) is 93.9 Å². The van der Waals surface area contributed by atoms with E-state index in [1.165, 1.54) is 6.92 Å². The molecule has 0 aliphatic heterocycles. The Kier molecular flexibility index (Phi) is 16.3. The molecule has 70 heavy (non-hydrogen) atoms. The minimum absolute atomic E-state index is 0.0156. The van der Waals surface area contributed by atoms with E-state index in [-0.39, 0.29) is 66.6 Å². The fourth-order valence-corrected chi connectivity index (χ4v) is 13.1. The minimum Gasteiger partial charge on any atom is -0.492 e. The van der Waals surface area contributed by atoms with Crippen LogP contribution in [0.3, 0.4) is 0 Å². The maximum absolute atomic E-state index is 14.3. The van der Waals surface area contributed by atoms with Crippen LogP contribution in [0.1, 0.15) is 132 Å². The average molecular weight is 964 g/mol. The number of allylic oxidation sites excluding steroid dienone is 2. The molecule has 10 atom stereocenters. The van der Waals surface area contributed by atoms with Crippen LogP contribution in [0.5, 0.6) is 5.75 Å². The first-order chi connectivity index (χ1) is 33.4. The number of fused-ring (bicyclic) bond motifs is 5. The van der Waals surface area contributed by atoms with Gasteiger partial charge in [-0.05, 0) is 146 Å². The maximum Gasteiger partial charge on any atom is 0.339 e. The molecular formula is C56H69NO13. The van der Waals surface area contributed by atoms with Gasteiger partial charge in [0.25, 0.3) is 5.09 Å². The van der Waals surface area contributed by atoms with E-state index in [0.717, 1.165) is 35.1 Å². The summed E-state index contributed by atoms with van der Waals surface area (Å²) in [4.78, 5) is 69.2. The Bertz CT molecular complexity index is 2450. The van der Waals surface area contributed by atoms with Crippen LogP contribution in [-0.4, -0.2) is 72.2 Å². The average Bonchev–Trinajstić information content (AvgIpc) is 3.60. The molecule has 0 saturated heterocycles. The van der Waals surface area contributed by atoms with Crippen molar-refractivity contribution in [3.63, 3.8) is 0 Å². The second-order valence-corrected chi connectivity index (χ2v) is 20.8. The number of esters is 4. The van der Waals surface area contributed by atoms with Crippen LogP contribution in [0.25, 0.3) is 0 Å². The predicted molar refractivity (Wildman–Crippen MR) is 260 cm³/mol. The highest BCUT2D eigenvalue weighted by atomic mass is 17.0. The van der Waals surface area contributed by atoms with Crippen molar-refractivity contribution in [2.45, 2.75) is 131 Å². The van der Waals surface area contributed by atoms with Gasteiger partial charge >= 0.3 is 23.9 Å². The van der Waals surface area contributed by atoms with Gasteiger partial charge in [0.05, 0.1) is 23.8 Å². The number of rotatable bonds is 18. The van der Waals surface area contributed by atoms with E-state index in [1.54, 1.807) is 48.5 Å². The van der Waals surface area contributed by atoms with Gasteiger partial charge in [-0.2, -0.15) is 0 Å². The molecule has 0 heterocycles. The zero-order chi connectivity index (χ0) is 50.4. The molecule has 3 aromatic rings. The summed E-state index contributed by atoms with van der Waals surface area (Å²) in [5, 5.41) is 22.1. The van der Waals surface area contributed by atoms with E-state index in [2.05, 4.69) is 38.6 Å². The van der Waals surface area contributed by atoms with Crippen LogP contribution < -0.4 is 4.74 Å². The van der Waals surface area contributed by atoms with E-state index in [9.17, 15) is 34.4 Å². The first-order valence-electron chi connectivity index (χ1n) is 24.7. The van der Waals surface area contributed by atoms with Gasteiger partial charge in [-0.15, -0.1) is 10.1 Å². The normalized spacial score (nSPS) is 29.5. The molecule has 4 fully saturated rings. The molecular weight excluding hydrogens is 895 g/mol. The maximum atomic E-state index is 14.3. The Balaban J connectivity index is 1.05. The smallest absolute Gasteiger partial charge is 0.339 e. The Labute approximate surface area is 411 Å². The Morgan fingerprint density at radius 1 is 0.800 bits per heavy atom. The number of carbonyl (C=O) groups is 4. The molecule has 4 aliphatic rings. The highest BCUT2D eigenvalue weighted by molar-refractivity contribution is 6.03. The van der Waals surface area contributed by atoms with E-state index < -0.39 is 58.1 Å². The number of ether oxygens (including phenoxy) is 5. The lowest BCUT2D eigenvalue weighted by atomic mass is 9.36. The van der Waals surface area contributed by atoms with Crippen LogP contribution in [0.15, 0.2) is 102 Å².